The lowest BCUT2D eigenvalue weighted by atomic mass is 9.85. The number of hydrogen-bond donors (Lipinski definition) is 2. The fourth-order valence-electron chi connectivity index (χ4n) is 3.05. The summed E-state index contributed by atoms with van der Waals surface area (Å²) in [5, 5.41) is 17.4. The van der Waals surface area contributed by atoms with Crippen molar-refractivity contribution < 1.29 is 9.72 Å². The molecule has 0 spiro atoms. The molecule has 2 rings (SSSR count). The second kappa shape index (κ2) is 7.44. The number of benzene rings is 1. The standard InChI is InChI=1S/C17H25N3O3/c1-11(2)18-17(21)13-5-7-14(8-6-13)19-15-10-12(3)4-9-16(15)20(22)23/h4,9-11,13-14,19H,5-8H2,1-3H3,(H,18,21)/t13-,14+. The van der Waals surface area contributed by atoms with Crippen LogP contribution in [0.4, 0.5) is 11.4 Å². The molecule has 6 heteroatoms. The van der Waals surface area contributed by atoms with Crippen LogP contribution in [-0.4, -0.2) is 22.9 Å². The molecule has 23 heavy (non-hydrogen) atoms. The highest BCUT2D eigenvalue weighted by Gasteiger charge is 2.27. The Kier molecular flexibility index (Phi) is 5.58. The highest BCUT2D eigenvalue weighted by molar-refractivity contribution is 5.79. The van der Waals surface area contributed by atoms with Crippen LogP contribution in [0.3, 0.4) is 0 Å². The number of nitro benzene ring substituents is 1. The molecule has 0 heterocycles. The highest BCUT2D eigenvalue weighted by Crippen LogP contribution is 2.31. The topological polar surface area (TPSA) is 84.3 Å². The lowest BCUT2D eigenvalue weighted by molar-refractivity contribution is -0.384. The molecule has 0 saturated heterocycles. The molecule has 1 saturated carbocycles. The zero-order chi connectivity index (χ0) is 17.0. The summed E-state index contributed by atoms with van der Waals surface area (Å²) >= 11 is 0. The number of nitro groups is 1. The van der Waals surface area contributed by atoms with Crippen molar-refractivity contribution in [2.45, 2.75) is 58.5 Å². The van der Waals surface area contributed by atoms with Crippen molar-refractivity contribution in [2.75, 3.05) is 5.32 Å². The molecule has 1 aliphatic carbocycles. The van der Waals surface area contributed by atoms with Crippen molar-refractivity contribution in [1.82, 2.24) is 5.32 Å². The molecule has 0 bridgehead atoms. The average molecular weight is 319 g/mol. The minimum atomic E-state index is -0.358. The first kappa shape index (κ1) is 17.2. The van der Waals surface area contributed by atoms with Crippen LogP contribution < -0.4 is 10.6 Å². The first-order valence-electron chi connectivity index (χ1n) is 8.18. The lowest BCUT2D eigenvalue weighted by Gasteiger charge is -2.29. The van der Waals surface area contributed by atoms with Gasteiger partial charge < -0.3 is 10.6 Å². The maximum atomic E-state index is 12.0. The van der Waals surface area contributed by atoms with Crippen molar-refractivity contribution in [3.63, 3.8) is 0 Å². The Hall–Kier alpha value is -2.11. The number of aryl methyl sites for hydroxylation is 1. The molecular formula is C17H25N3O3. The van der Waals surface area contributed by atoms with Crippen molar-refractivity contribution >= 4 is 17.3 Å². The van der Waals surface area contributed by atoms with E-state index in [9.17, 15) is 14.9 Å². The zero-order valence-corrected chi connectivity index (χ0v) is 14.0. The lowest BCUT2D eigenvalue weighted by Crippen LogP contribution is -2.38. The van der Waals surface area contributed by atoms with E-state index in [0.717, 1.165) is 31.2 Å². The molecular weight excluding hydrogens is 294 g/mol. The molecule has 126 valence electrons. The van der Waals surface area contributed by atoms with Crippen LogP contribution in [0.1, 0.15) is 45.1 Å². The summed E-state index contributed by atoms with van der Waals surface area (Å²) in [5.74, 6) is 0.183. The molecule has 0 aromatic heterocycles. The number of nitrogens with zero attached hydrogens (tertiary/aromatic N) is 1. The summed E-state index contributed by atoms with van der Waals surface area (Å²) in [6.45, 7) is 5.84. The fraction of sp³-hybridized carbons (Fsp3) is 0.588. The Morgan fingerprint density at radius 1 is 1.26 bits per heavy atom. The molecule has 2 N–H and O–H groups in total. The Labute approximate surface area is 136 Å². The number of anilines is 1. The second-order valence-electron chi connectivity index (χ2n) is 6.63. The molecule has 1 aliphatic rings. The maximum Gasteiger partial charge on any atom is 0.292 e. The molecule has 0 radical (unpaired) electrons. The van der Waals surface area contributed by atoms with E-state index in [0.29, 0.717) is 5.69 Å². The molecule has 0 atom stereocenters. The number of carbonyl (C=O) groups excluding carboxylic acids is 1. The molecule has 1 fully saturated rings. The van der Waals surface area contributed by atoms with Crippen molar-refractivity contribution in [2.24, 2.45) is 5.92 Å². The monoisotopic (exact) mass is 319 g/mol. The molecule has 1 aromatic carbocycles. The van der Waals surface area contributed by atoms with Crippen LogP contribution >= 0.6 is 0 Å². The zero-order valence-electron chi connectivity index (χ0n) is 14.0. The van der Waals surface area contributed by atoms with Gasteiger partial charge in [-0.15, -0.1) is 0 Å². The number of amides is 1. The summed E-state index contributed by atoms with van der Waals surface area (Å²) in [6.07, 6.45) is 3.33. The summed E-state index contributed by atoms with van der Waals surface area (Å²) in [4.78, 5) is 22.8. The van der Waals surface area contributed by atoms with Crippen molar-refractivity contribution in [3.8, 4) is 0 Å². The second-order valence-corrected chi connectivity index (χ2v) is 6.63. The van der Waals surface area contributed by atoms with Gasteiger partial charge in [0.2, 0.25) is 5.91 Å². The van der Waals surface area contributed by atoms with Crippen LogP contribution in [0.25, 0.3) is 0 Å². The average Bonchev–Trinajstić information content (AvgIpc) is 2.47. The number of nitrogens with one attached hydrogen (secondary N) is 2. The molecule has 0 aliphatic heterocycles. The third-order valence-electron chi connectivity index (χ3n) is 4.24. The van der Waals surface area contributed by atoms with E-state index >= 15 is 0 Å². The molecule has 1 amide bonds. The predicted molar refractivity (Wildman–Crippen MR) is 90.5 cm³/mol. The third-order valence-corrected chi connectivity index (χ3v) is 4.24. The summed E-state index contributed by atoms with van der Waals surface area (Å²) < 4.78 is 0. The first-order chi connectivity index (χ1) is 10.9. The number of hydrogen-bond acceptors (Lipinski definition) is 4. The minimum absolute atomic E-state index is 0.0583. The summed E-state index contributed by atoms with van der Waals surface area (Å²) in [5.41, 5.74) is 1.67. The van der Waals surface area contributed by atoms with Gasteiger partial charge in [-0.25, -0.2) is 0 Å². The first-order valence-corrected chi connectivity index (χ1v) is 8.18. The van der Waals surface area contributed by atoms with Gasteiger partial charge in [-0.2, -0.15) is 0 Å². The Balaban J connectivity index is 1.96. The third kappa shape index (κ3) is 4.68. The number of carbonyl (C=O) groups is 1. The van der Waals surface area contributed by atoms with E-state index in [1.165, 1.54) is 0 Å². The van der Waals surface area contributed by atoms with E-state index in [1.54, 1.807) is 12.1 Å². The van der Waals surface area contributed by atoms with Crippen molar-refractivity contribution in [3.05, 3.63) is 33.9 Å². The van der Waals surface area contributed by atoms with Gasteiger partial charge in [-0.3, -0.25) is 14.9 Å². The minimum Gasteiger partial charge on any atom is -0.377 e. The van der Waals surface area contributed by atoms with Gasteiger partial charge in [0.1, 0.15) is 5.69 Å². The number of rotatable bonds is 5. The van der Waals surface area contributed by atoms with Crippen LogP contribution in [0.2, 0.25) is 0 Å². The van der Waals surface area contributed by atoms with Crippen LogP contribution in [0.15, 0.2) is 18.2 Å². The van der Waals surface area contributed by atoms with E-state index in [4.69, 9.17) is 0 Å². The Bertz CT molecular complexity index is 578. The fourth-order valence-corrected chi connectivity index (χ4v) is 3.05. The van der Waals surface area contributed by atoms with Crippen LogP contribution in [0.5, 0.6) is 0 Å². The Morgan fingerprint density at radius 2 is 1.91 bits per heavy atom. The van der Waals surface area contributed by atoms with E-state index in [2.05, 4.69) is 10.6 Å². The smallest absolute Gasteiger partial charge is 0.292 e. The summed E-state index contributed by atoms with van der Waals surface area (Å²) in [6, 6.07) is 5.44. The van der Waals surface area contributed by atoms with Gasteiger partial charge in [-0.05, 0) is 58.1 Å². The maximum absolute atomic E-state index is 12.0. The van der Waals surface area contributed by atoms with Crippen molar-refractivity contribution in [1.29, 1.82) is 0 Å². The van der Waals surface area contributed by atoms with E-state index in [-0.39, 0.29) is 34.5 Å². The van der Waals surface area contributed by atoms with Gasteiger partial charge in [0, 0.05) is 24.1 Å². The quantitative estimate of drug-likeness (QED) is 0.643. The SMILES string of the molecule is Cc1ccc([N+](=O)[O-])c(N[C@H]2CC[C@@H](C(=O)NC(C)C)CC2)c1. The largest absolute Gasteiger partial charge is 0.377 e. The van der Waals surface area contributed by atoms with Gasteiger partial charge in [-0.1, -0.05) is 6.07 Å². The predicted octanol–water partition coefficient (Wildman–Crippen LogP) is 3.40. The van der Waals surface area contributed by atoms with Crippen LogP contribution in [-0.2, 0) is 4.79 Å². The molecule has 1 aromatic rings. The van der Waals surface area contributed by atoms with Gasteiger partial charge >= 0.3 is 0 Å². The summed E-state index contributed by atoms with van der Waals surface area (Å²) in [7, 11) is 0. The molecule has 6 nitrogen and oxygen atoms in total. The highest BCUT2D eigenvalue weighted by atomic mass is 16.6. The van der Waals surface area contributed by atoms with Crippen LogP contribution in [0, 0.1) is 23.0 Å². The molecule has 0 unspecified atom stereocenters. The van der Waals surface area contributed by atoms with Gasteiger partial charge in [0.05, 0.1) is 4.92 Å². The van der Waals surface area contributed by atoms with E-state index in [1.807, 2.05) is 26.8 Å². The van der Waals surface area contributed by atoms with Gasteiger partial charge in [0.25, 0.3) is 5.69 Å². The van der Waals surface area contributed by atoms with Gasteiger partial charge in [0.15, 0.2) is 0 Å². The van der Waals surface area contributed by atoms with E-state index < -0.39 is 0 Å². The Morgan fingerprint density at radius 3 is 2.48 bits per heavy atom. The normalized spacial score (nSPS) is 21.0.